The van der Waals surface area contributed by atoms with Crippen molar-refractivity contribution in [1.82, 2.24) is 29.3 Å². The molecule has 0 unspecified atom stereocenters. The number of nitrogens with zero attached hydrogens (tertiary/aromatic N) is 6. The van der Waals surface area contributed by atoms with Crippen molar-refractivity contribution in [3.8, 4) is 6.07 Å². The van der Waals surface area contributed by atoms with Gasteiger partial charge in [0.25, 0.3) is 5.56 Å². The maximum absolute atomic E-state index is 13.3. The second-order valence-electron chi connectivity index (χ2n) is 8.31. The summed E-state index contributed by atoms with van der Waals surface area (Å²) in [5.74, 6) is -0.374. The molecule has 2 aromatic heterocycles. The number of aromatic nitrogens is 5. The lowest BCUT2D eigenvalue weighted by Gasteiger charge is -2.31. The first-order chi connectivity index (χ1) is 16.9. The molecule has 0 saturated carbocycles. The summed E-state index contributed by atoms with van der Waals surface area (Å²) in [6.45, 7) is 0.647. The molecule has 4 aromatic rings. The van der Waals surface area contributed by atoms with E-state index in [-0.39, 0.29) is 46.4 Å². The van der Waals surface area contributed by atoms with Crippen LogP contribution in [0.1, 0.15) is 35.7 Å². The normalized spacial score (nSPS) is 16.9. The smallest absolute Gasteiger partial charge is 0.281 e. The third-order valence-electron chi connectivity index (χ3n) is 6.03. The van der Waals surface area contributed by atoms with E-state index < -0.39 is 15.6 Å². The zero-order chi connectivity index (χ0) is 24.6. The van der Waals surface area contributed by atoms with Gasteiger partial charge in [0.1, 0.15) is 17.7 Å². The van der Waals surface area contributed by atoms with Gasteiger partial charge in [-0.2, -0.15) is 9.57 Å². The SMILES string of the molecule is N#Cc1ccccc1S(=O)(=O)N1CCC[C@H](c2nc3c(nnn3Cc3ccc(F)cc3)c(=O)[nH]2)C1. The lowest BCUT2D eigenvalue weighted by molar-refractivity contribution is 0.309. The molecule has 1 atom stereocenters. The molecular formula is C23H20FN7O3S. The van der Waals surface area contributed by atoms with Crippen molar-refractivity contribution in [3.05, 3.63) is 81.7 Å². The highest BCUT2D eigenvalue weighted by Crippen LogP contribution is 2.29. The fraction of sp³-hybridized carbons (Fsp3) is 0.261. The van der Waals surface area contributed by atoms with Gasteiger partial charge in [0.15, 0.2) is 11.2 Å². The zero-order valence-electron chi connectivity index (χ0n) is 18.4. The van der Waals surface area contributed by atoms with Gasteiger partial charge < -0.3 is 4.98 Å². The summed E-state index contributed by atoms with van der Waals surface area (Å²) < 4.78 is 42.6. The highest BCUT2D eigenvalue weighted by molar-refractivity contribution is 7.89. The molecule has 0 spiro atoms. The predicted molar refractivity (Wildman–Crippen MR) is 123 cm³/mol. The van der Waals surface area contributed by atoms with Gasteiger partial charge in [-0.05, 0) is 42.7 Å². The first-order valence-corrected chi connectivity index (χ1v) is 12.4. The molecule has 1 aliphatic rings. The van der Waals surface area contributed by atoms with Crippen molar-refractivity contribution < 1.29 is 12.8 Å². The number of nitriles is 1. The number of halogens is 1. The van der Waals surface area contributed by atoms with Crippen LogP contribution in [-0.2, 0) is 16.6 Å². The minimum Gasteiger partial charge on any atom is -0.308 e. The van der Waals surface area contributed by atoms with E-state index in [4.69, 9.17) is 0 Å². The molecule has 10 nitrogen and oxygen atoms in total. The Kier molecular flexibility index (Phi) is 5.88. The Labute approximate surface area is 199 Å². The Balaban J connectivity index is 1.46. The van der Waals surface area contributed by atoms with Crippen LogP contribution in [0, 0.1) is 17.1 Å². The second kappa shape index (κ2) is 9.01. The van der Waals surface area contributed by atoms with Crippen molar-refractivity contribution in [2.75, 3.05) is 13.1 Å². The summed E-state index contributed by atoms with van der Waals surface area (Å²) in [6.07, 6.45) is 1.19. The highest BCUT2D eigenvalue weighted by atomic mass is 32.2. The Morgan fingerprint density at radius 3 is 2.71 bits per heavy atom. The van der Waals surface area contributed by atoms with Crippen molar-refractivity contribution in [3.63, 3.8) is 0 Å². The maximum Gasteiger partial charge on any atom is 0.281 e. The monoisotopic (exact) mass is 493 g/mol. The fourth-order valence-corrected chi connectivity index (χ4v) is 5.92. The number of fused-ring (bicyclic) bond motifs is 1. The number of aromatic amines is 1. The van der Waals surface area contributed by atoms with Gasteiger partial charge in [0, 0.05) is 19.0 Å². The van der Waals surface area contributed by atoms with E-state index in [0.717, 1.165) is 5.56 Å². The summed E-state index contributed by atoms with van der Waals surface area (Å²) in [4.78, 5) is 20.0. The van der Waals surface area contributed by atoms with E-state index >= 15 is 0 Å². The molecular weight excluding hydrogens is 473 g/mol. The van der Waals surface area contributed by atoms with Crippen LogP contribution in [0.5, 0.6) is 0 Å². The molecule has 0 aliphatic carbocycles. The third kappa shape index (κ3) is 4.31. The number of piperidine rings is 1. The third-order valence-corrected chi connectivity index (χ3v) is 7.96. The highest BCUT2D eigenvalue weighted by Gasteiger charge is 2.33. The number of H-pyrrole nitrogens is 1. The van der Waals surface area contributed by atoms with E-state index in [9.17, 15) is 22.9 Å². The Bertz CT molecular complexity index is 1610. The standard InChI is InChI=1S/C23H20FN7O3S/c24-18-9-7-15(8-10-18)13-31-22-20(28-29-31)23(32)27-21(26-22)17-5-3-11-30(14-17)35(33,34)19-6-2-1-4-16(19)12-25/h1-2,4,6-10,17H,3,5,11,13-14H2,(H,26,27,32)/t17-/m0/s1. The van der Waals surface area contributed by atoms with E-state index in [1.165, 1.54) is 33.3 Å². The lowest BCUT2D eigenvalue weighted by atomic mass is 9.99. The molecule has 178 valence electrons. The number of rotatable bonds is 5. The van der Waals surface area contributed by atoms with Gasteiger partial charge in [-0.15, -0.1) is 5.10 Å². The first kappa shape index (κ1) is 22.8. The lowest BCUT2D eigenvalue weighted by Crippen LogP contribution is -2.40. The van der Waals surface area contributed by atoms with Crippen molar-refractivity contribution in [1.29, 1.82) is 5.26 Å². The zero-order valence-corrected chi connectivity index (χ0v) is 19.2. The van der Waals surface area contributed by atoms with Crippen LogP contribution in [0.4, 0.5) is 4.39 Å². The van der Waals surface area contributed by atoms with Gasteiger partial charge in [-0.3, -0.25) is 4.79 Å². The van der Waals surface area contributed by atoms with Crippen LogP contribution >= 0.6 is 0 Å². The Morgan fingerprint density at radius 2 is 1.94 bits per heavy atom. The van der Waals surface area contributed by atoms with Crippen LogP contribution in [0.25, 0.3) is 11.2 Å². The minimum absolute atomic E-state index is 0.0402. The van der Waals surface area contributed by atoms with Crippen LogP contribution in [0.3, 0.4) is 0 Å². The second-order valence-corrected chi connectivity index (χ2v) is 10.2. The first-order valence-electron chi connectivity index (χ1n) is 10.9. The summed E-state index contributed by atoms with van der Waals surface area (Å²) in [5.41, 5.74) is 0.707. The molecule has 1 fully saturated rings. The Morgan fingerprint density at radius 1 is 1.17 bits per heavy atom. The molecule has 0 bridgehead atoms. The van der Waals surface area contributed by atoms with Crippen molar-refractivity contribution in [2.24, 2.45) is 0 Å². The number of hydrogen-bond acceptors (Lipinski definition) is 7. The quantitative estimate of drug-likeness (QED) is 0.450. The van der Waals surface area contributed by atoms with Crippen LogP contribution in [-0.4, -0.2) is 50.8 Å². The average Bonchev–Trinajstić information content (AvgIpc) is 3.28. The molecule has 12 heteroatoms. The van der Waals surface area contributed by atoms with Gasteiger partial charge in [-0.25, -0.2) is 22.5 Å². The fourth-order valence-electron chi connectivity index (χ4n) is 4.25. The maximum atomic E-state index is 13.3. The van der Waals surface area contributed by atoms with Gasteiger partial charge in [0.05, 0.1) is 17.0 Å². The number of sulfonamides is 1. The van der Waals surface area contributed by atoms with Crippen LogP contribution in [0.2, 0.25) is 0 Å². The van der Waals surface area contributed by atoms with E-state index in [1.54, 1.807) is 24.3 Å². The molecule has 35 heavy (non-hydrogen) atoms. The molecule has 1 saturated heterocycles. The van der Waals surface area contributed by atoms with Crippen LogP contribution < -0.4 is 5.56 Å². The van der Waals surface area contributed by atoms with Crippen molar-refractivity contribution >= 4 is 21.2 Å². The summed E-state index contributed by atoms with van der Waals surface area (Å²) >= 11 is 0. The largest absolute Gasteiger partial charge is 0.308 e. The van der Waals surface area contributed by atoms with E-state index in [1.807, 2.05) is 6.07 Å². The summed E-state index contributed by atoms with van der Waals surface area (Å²) in [7, 11) is -3.91. The number of benzene rings is 2. The van der Waals surface area contributed by atoms with Crippen molar-refractivity contribution in [2.45, 2.75) is 30.2 Å². The molecule has 0 amide bonds. The molecule has 1 N–H and O–H groups in total. The van der Waals surface area contributed by atoms with Gasteiger partial charge in [-0.1, -0.05) is 29.5 Å². The molecule has 5 rings (SSSR count). The predicted octanol–water partition coefficient (Wildman–Crippen LogP) is 2.14. The van der Waals surface area contributed by atoms with E-state index in [2.05, 4.69) is 20.3 Å². The molecule has 3 heterocycles. The minimum atomic E-state index is -3.91. The topological polar surface area (TPSA) is 138 Å². The summed E-state index contributed by atoms with van der Waals surface area (Å²) in [5, 5.41) is 17.3. The number of nitrogens with one attached hydrogen (secondary N) is 1. The van der Waals surface area contributed by atoms with Crippen LogP contribution in [0.15, 0.2) is 58.2 Å². The summed E-state index contributed by atoms with van der Waals surface area (Å²) in [6, 6.07) is 13.9. The average molecular weight is 494 g/mol. The molecule has 1 aliphatic heterocycles. The van der Waals surface area contributed by atoms with Gasteiger partial charge >= 0.3 is 0 Å². The van der Waals surface area contributed by atoms with Gasteiger partial charge in [0.2, 0.25) is 10.0 Å². The molecule has 2 aromatic carbocycles. The van der Waals surface area contributed by atoms with E-state index in [0.29, 0.717) is 25.2 Å². The molecule has 0 radical (unpaired) electrons. The number of hydrogen-bond donors (Lipinski definition) is 1. The Hall–Kier alpha value is -3.95.